The van der Waals surface area contributed by atoms with Crippen molar-refractivity contribution in [1.82, 2.24) is 9.78 Å². The van der Waals surface area contributed by atoms with Crippen LogP contribution in [0.25, 0.3) is 0 Å². The summed E-state index contributed by atoms with van der Waals surface area (Å²) in [4.78, 5) is 0. The van der Waals surface area contributed by atoms with Crippen molar-refractivity contribution in [1.29, 1.82) is 0 Å². The molecule has 0 aliphatic carbocycles. The highest BCUT2D eigenvalue weighted by atomic mass is 16.3. The largest absolute Gasteiger partial charge is 0.504 e. The van der Waals surface area contributed by atoms with Crippen LogP contribution in [0, 0.1) is 6.92 Å². The quantitative estimate of drug-likeness (QED) is 0.783. The Morgan fingerprint density at radius 1 is 1.20 bits per heavy atom. The molecule has 0 fully saturated rings. The Morgan fingerprint density at radius 2 is 1.87 bits per heavy atom. The first-order chi connectivity index (χ1) is 7.20. The second-order valence-electron chi connectivity index (χ2n) is 4.06. The van der Waals surface area contributed by atoms with E-state index >= 15 is 0 Å². The Labute approximate surface area is 92.1 Å². The molecule has 3 nitrogen and oxygen atoms in total. The van der Waals surface area contributed by atoms with Crippen LogP contribution in [-0.4, -0.2) is 14.9 Å². The lowest BCUT2D eigenvalue weighted by molar-refractivity contribution is 0.460. The van der Waals surface area contributed by atoms with E-state index in [1.165, 1.54) is 0 Å². The van der Waals surface area contributed by atoms with Crippen molar-refractivity contribution in [2.45, 2.75) is 59.4 Å². The van der Waals surface area contributed by atoms with Crippen molar-refractivity contribution in [3.63, 3.8) is 0 Å². The van der Waals surface area contributed by atoms with Crippen LogP contribution >= 0.6 is 0 Å². The number of rotatable bonds is 6. The van der Waals surface area contributed by atoms with E-state index in [1.807, 2.05) is 11.6 Å². The van der Waals surface area contributed by atoms with Gasteiger partial charge in [0.2, 0.25) is 0 Å². The van der Waals surface area contributed by atoms with E-state index in [1.54, 1.807) is 0 Å². The Bertz CT molecular complexity index is 276. The summed E-state index contributed by atoms with van der Waals surface area (Å²) in [7, 11) is 0. The fourth-order valence-electron chi connectivity index (χ4n) is 1.64. The third kappa shape index (κ3) is 2.98. The van der Waals surface area contributed by atoms with Gasteiger partial charge in [-0.2, -0.15) is 5.10 Å². The fourth-order valence-corrected chi connectivity index (χ4v) is 1.64. The lowest BCUT2D eigenvalue weighted by atomic mass is 10.2. The second-order valence-corrected chi connectivity index (χ2v) is 4.06. The van der Waals surface area contributed by atoms with E-state index in [2.05, 4.69) is 18.9 Å². The minimum absolute atomic E-state index is 0.402. The van der Waals surface area contributed by atoms with Crippen LogP contribution in [0.3, 0.4) is 0 Å². The summed E-state index contributed by atoms with van der Waals surface area (Å²) in [5.41, 5.74) is 1.78. The molecule has 0 amide bonds. The molecule has 0 aliphatic rings. The van der Waals surface area contributed by atoms with Crippen molar-refractivity contribution >= 4 is 0 Å². The monoisotopic (exact) mass is 210 g/mol. The number of aromatic hydroxyl groups is 1. The van der Waals surface area contributed by atoms with Crippen LogP contribution < -0.4 is 0 Å². The molecule has 1 heterocycles. The van der Waals surface area contributed by atoms with Gasteiger partial charge in [-0.25, -0.2) is 0 Å². The van der Waals surface area contributed by atoms with Gasteiger partial charge in [-0.15, -0.1) is 0 Å². The summed E-state index contributed by atoms with van der Waals surface area (Å²) in [6, 6.07) is 0. The highest BCUT2D eigenvalue weighted by Crippen LogP contribution is 2.23. The summed E-state index contributed by atoms with van der Waals surface area (Å²) in [5, 5.41) is 14.3. The van der Waals surface area contributed by atoms with Gasteiger partial charge in [-0.05, 0) is 26.2 Å². The van der Waals surface area contributed by atoms with Crippen molar-refractivity contribution in [3.8, 4) is 5.75 Å². The number of unbranched alkanes of at least 4 members (excludes halogenated alkanes) is 2. The predicted molar refractivity (Wildman–Crippen MR) is 62.1 cm³/mol. The average molecular weight is 210 g/mol. The average Bonchev–Trinajstić information content (AvgIpc) is 2.51. The van der Waals surface area contributed by atoms with Crippen LogP contribution in [-0.2, 0) is 13.0 Å². The summed E-state index contributed by atoms with van der Waals surface area (Å²) >= 11 is 0. The minimum Gasteiger partial charge on any atom is -0.504 e. The Hall–Kier alpha value is -0.990. The molecule has 0 radical (unpaired) electrons. The molecule has 0 bridgehead atoms. The zero-order chi connectivity index (χ0) is 11.3. The van der Waals surface area contributed by atoms with Crippen LogP contribution in [0.1, 0.15) is 50.9 Å². The summed E-state index contributed by atoms with van der Waals surface area (Å²) in [6.45, 7) is 7.17. The number of hydrogen-bond acceptors (Lipinski definition) is 2. The third-order valence-electron chi connectivity index (χ3n) is 2.74. The first-order valence-corrected chi connectivity index (χ1v) is 5.95. The van der Waals surface area contributed by atoms with Crippen molar-refractivity contribution in [3.05, 3.63) is 11.4 Å². The van der Waals surface area contributed by atoms with E-state index in [0.717, 1.165) is 50.0 Å². The maximum absolute atomic E-state index is 9.86. The molecule has 0 saturated carbocycles. The first-order valence-electron chi connectivity index (χ1n) is 5.95. The predicted octanol–water partition coefficient (Wildman–Crippen LogP) is 3.04. The van der Waals surface area contributed by atoms with Crippen LogP contribution in [0.4, 0.5) is 0 Å². The molecule has 0 atom stereocenters. The summed E-state index contributed by atoms with van der Waals surface area (Å²) in [6.07, 6.45) is 5.40. The zero-order valence-corrected chi connectivity index (χ0v) is 10.1. The normalized spacial score (nSPS) is 10.9. The van der Waals surface area contributed by atoms with Gasteiger partial charge < -0.3 is 5.11 Å². The minimum atomic E-state index is 0.402. The molecule has 3 heteroatoms. The Kier molecular flexibility index (Phi) is 4.66. The lowest BCUT2D eigenvalue weighted by Crippen LogP contribution is -2.02. The molecule has 0 unspecified atom stereocenters. The topological polar surface area (TPSA) is 38.0 Å². The number of aryl methyl sites for hydroxylation is 2. The van der Waals surface area contributed by atoms with Crippen LogP contribution in [0.15, 0.2) is 0 Å². The molecule has 0 spiro atoms. The molecule has 1 aromatic heterocycles. The number of nitrogens with zero attached hydrogens (tertiary/aromatic N) is 2. The maximum atomic E-state index is 9.86. The molecule has 0 saturated heterocycles. The van der Waals surface area contributed by atoms with Gasteiger partial charge in [0.05, 0.1) is 5.69 Å². The molecule has 15 heavy (non-hydrogen) atoms. The van der Waals surface area contributed by atoms with E-state index in [4.69, 9.17) is 0 Å². The van der Waals surface area contributed by atoms with Gasteiger partial charge in [-0.3, -0.25) is 4.68 Å². The fraction of sp³-hybridized carbons (Fsp3) is 0.750. The molecule has 0 aliphatic heterocycles. The highest BCUT2D eigenvalue weighted by molar-refractivity contribution is 5.31. The SMILES string of the molecule is CCCCc1nn(CCCC)c(C)c1O. The Morgan fingerprint density at radius 3 is 2.47 bits per heavy atom. The molecule has 1 aromatic rings. The Balaban J connectivity index is 2.72. The number of aromatic nitrogens is 2. The van der Waals surface area contributed by atoms with E-state index in [9.17, 15) is 5.11 Å². The van der Waals surface area contributed by atoms with Crippen LogP contribution in [0.2, 0.25) is 0 Å². The zero-order valence-electron chi connectivity index (χ0n) is 10.1. The van der Waals surface area contributed by atoms with Gasteiger partial charge in [-0.1, -0.05) is 26.7 Å². The van der Waals surface area contributed by atoms with Crippen molar-refractivity contribution in [2.24, 2.45) is 0 Å². The summed E-state index contributed by atoms with van der Waals surface area (Å²) < 4.78 is 1.93. The van der Waals surface area contributed by atoms with Gasteiger partial charge in [0, 0.05) is 6.54 Å². The lowest BCUT2D eigenvalue weighted by Gasteiger charge is -2.01. The van der Waals surface area contributed by atoms with E-state index in [0.29, 0.717) is 5.75 Å². The number of hydrogen-bond donors (Lipinski definition) is 1. The molecular weight excluding hydrogens is 188 g/mol. The molecule has 1 N–H and O–H groups in total. The van der Waals surface area contributed by atoms with Gasteiger partial charge >= 0.3 is 0 Å². The highest BCUT2D eigenvalue weighted by Gasteiger charge is 2.12. The van der Waals surface area contributed by atoms with Crippen LogP contribution in [0.5, 0.6) is 5.75 Å². The summed E-state index contributed by atoms with van der Waals surface area (Å²) in [5.74, 6) is 0.402. The van der Waals surface area contributed by atoms with E-state index < -0.39 is 0 Å². The third-order valence-corrected chi connectivity index (χ3v) is 2.74. The standard InChI is InChI=1S/C12H22N2O/c1-4-6-8-11-12(15)10(3)14(13-11)9-7-5-2/h15H,4-9H2,1-3H3. The molecule has 1 rings (SSSR count). The molecular formula is C12H22N2O. The smallest absolute Gasteiger partial charge is 0.159 e. The molecule has 0 aromatic carbocycles. The first kappa shape index (κ1) is 12.1. The van der Waals surface area contributed by atoms with Gasteiger partial charge in [0.1, 0.15) is 5.69 Å². The second kappa shape index (κ2) is 5.79. The van der Waals surface area contributed by atoms with Crippen molar-refractivity contribution in [2.75, 3.05) is 0 Å². The van der Waals surface area contributed by atoms with Gasteiger partial charge in [0.15, 0.2) is 5.75 Å². The van der Waals surface area contributed by atoms with Gasteiger partial charge in [0.25, 0.3) is 0 Å². The molecule has 86 valence electrons. The maximum Gasteiger partial charge on any atom is 0.159 e. The van der Waals surface area contributed by atoms with E-state index in [-0.39, 0.29) is 0 Å². The van der Waals surface area contributed by atoms with Crippen molar-refractivity contribution < 1.29 is 5.11 Å².